The van der Waals surface area contributed by atoms with E-state index in [1.807, 2.05) is 4.98 Å². The molecule has 0 aliphatic carbocycles. The third-order valence-electron chi connectivity index (χ3n) is 5.78. The molecule has 0 saturated heterocycles. The van der Waals surface area contributed by atoms with Crippen LogP contribution in [0, 0.1) is 5.82 Å². The number of carbonyl (C=O) groups excluding carboxylic acids is 1. The molecule has 1 aliphatic rings. The van der Waals surface area contributed by atoms with Crippen LogP contribution in [-0.2, 0) is 6.42 Å². The predicted octanol–water partition coefficient (Wildman–Crippen LogP) is 4.06. The van der Waals surface area contributed by atoms with Crippen molar-refractivity contribution in [3.63, 3.8) is 0 Å². The number of H-pyrrole nitrogens is 1. The second-order valence-electron chi connectivity index (χ2n) is 8.14. The first-order chi connectivity index (χ1) is 18.1. The lowest BCUT2D eigenvalue weighted by molar-refractivity contribution is 0.0685. The Morgan fingerprint density at radius 2 is 1.76 bits per heavy atom. The third kappa shape index (κ3) is 4.53. The predicted molar refractivity (Wildman–Crippen MR) is 136 cm³/mol. The number of carbonyl (C=O) groups is 2. The summed E-state index contributed by atoms with van der Waals surface area (Å²) in [4.78, 5) is 51.3. The first kappa shape index (κ1) is 25.2. The van der Waals surface area contributed by atoms with Crippen molar-refractivity contribution in [3.8, 4) is 17.2 Å². The van der Waals surface area contributed by atoms with Crippen LogP contribution in [0.5, 0.6) is 11.5 Å². The van der Waals surface area contributed by atoms with E-state index >= 15 is 0 Å². The van der Waals surface area contributed by atoms with Crippen molar-refractivity contribution in [2.45, 2.75) is 6.42 Å². The van der Waals surface area contributed by atoms with E-state index in [-0.39, 0.29) is 39.6 Å². The second kappa shape index (κ2) is 9.77. The van der Waals surface area contributed by atoms with E-state index in [1.54, 1.807) is 30.3 Å². The van der Waals surface area contributed by atoms with Crippen molar-refractivity contribution in [3.05, 3.63) is 108 Å². The molecular formula is C25H15Cl2FN4O6. The van der Waals surface area contributed by atoms with Crippen LogP contribution in [0.3, 0.4) is 0 Å². The van der Waals surface area contributed by atoms with E-state index in [4.69, 9.17) is 33.0 Å². The molecule has 0 unspecified atom stereocenters. The van der Waals surface area contributed by atoms with Crippen LogP contribution < -0.4 is 20.9 Å². The number of aromatic amines is 1. The number of rotatable bonds is 5. The number of halogens is 3. The fourth-order valence-corrected chi connectivity index (χ4v) is 4.58. The molecule has 13 heteroatoms. The number of para-hydroxylation sites is 1. The number of hydrogen-bond acceptors (Lipinski definition) is 6. The number of amides is 1. The minimum absolute atomic E-state index is 0.0135. The summed E-state index contributed by atoms with van der Waals surface area (Å²) in [7, 11) is 0. The molecule has 38 heavy (non-hydrogen) atoms. The van der Waals surface area contributed by atoms with E-state index in [0.29, 0.717) is 28.0 Å². The highest BCUT2D eigenvalue weighted by Gasteiger charge is 2.27. The summed E-state index contributed by atoms with van der Waals surface area (Å²) in [5, 5.41) is 12.6. The van der Waals surface area contributed by atoms with Gasteiger partial charge in [0.15, 0.2) is 5.75 Å². The lowest BCUT2D eigenvalue weighted by atomic mass is 9.98. The Hall–Kier alpha value is -4.48. The smallest absolute Gasteiger partial charge is 0.362 e. The standard InChI is InChI=1S/C25H15Cl2FN4O6/c26-16-10-13(32-25(37)29-22(33)20(30-32)24(35)36)11-17(27)21(16)38-14-5-6-15-12(9-14)7-8-31(23(15)34)19-4-2-1-3-18(19)28/h1-6,9-11H,7-8H2,(H,35,36)(H,29,33,37). The molecule has 0 spiro atoms. The second-order valence-corrected chi connectivity index (χ2v) is 8.96. The van der Waals surface area contributed by atoms with Crippen LogP contribution in [-0.4, -0.2) is 38.3 Å². The fraction of sp³-hybridized carbons (Fsp3) is 0.0800. The molecule has 0 fully saturated rings. The highest BCUT2D eigenvalue weighted by Crippen LogP contribution is 2.39. The van der Waals surface area contributed by atoms with Crippen molar-refractivity contribution in [1.29, 1.82) is 0 Å². The van der Waals surface area contributed by atoms with E-state index in [0.717, 1.165) is 0 Å². The number of anilines is 1. The Kier molecular flexibility index (Phi) is 6.47. The molecule has 1 amide bonds. The molecule has 0 bridgehead atoms. The number of aromatic carboxylic acids is 1. The average molecular weight is 557 g/mol. The molecule has 4 aromatic rings. The number of benzene rings is 3. The molecule has 192 valence electrons. The molecule has 0 saturated carbocycles. The van der Waals surface area contributed by atoms with Crippen molar-refractivity contribution < 1.29 is 23.8 Å². The Balaban J connectivity index is 1.44. The van der Waals surface area contributed by atoms with E-state index in [2.05, 4.69) is 5.10 Å². The van der Waals surface area contributed by atoms with Gasteiger partial charge in [-0.2, -0.15) is 9.78 Å². The van der Waals surface area contributed by atoms with Crippen LogP contribution in [0.15, 0.2) is 64.2 Å². The zero-order chi connectivity index (χ0) is 27.1. The van der Waals surface area contributed by atoms with Crippen LogP contribution in [0.2, 0.25) is 10.0 Å². The third-order valence-corrected chi connectivity index (χ3v) is 6.34. The number of aromatic nitrogens is 3. The van der Waals surface area contributed by atoms with Gasteiger partial charge in [0, 0.05) is 12.1 Å². The van der Waals surface area contributed by atoms with Crippen LogP contribution >= 0.6 is 23.2 Å². The van der Waals surface area contributed by atoms with Crippen molar-refractivity contribution >= 4 is 40.8 Å². The molecule has 3 aromatic carbocycles. The maximum Gasteiger partial charge on any atom is 0.362 e. The SMILES string of the molecule is O=C(O)c1nn(-c2cc(Cl)c(Oc3ccc4c(c3)CCN(c3ccccc3F)C4=O)c(Cl)c2)c(=O)[nH]c1=O. The highest BCUT2D eigenvalue weighted by atomic mass is 35.5. The van der Waals surface area contributed by atoms with Crippen LogP contribution in [0.1, 0.15) is 26.4 Å². The molecule has 10 nitrogen and oxygen atoms in total. The van der Waals surface area contributed by atoms with E-state index in [1.165, 1.54) is 29.2 Å². The van der Waals surface area contributed by atoms with Crippen molar-refractivity contribution in [1.82, 2.24) is 14.8 Å². The number of hydrogen-bond donors (Lipinski definition) is 2. The lowest BCUT2D eigenvalue weighted by Crippen LogP contribution is -2.38. The van der Waals surface area contributed by atoms with Gasteiger partial charge in [-0.1, -0.05) is 35.3 Å². The fourth-order valence-electron chi connectivity index (χ4n) is 4.03. The number of carboxylic acids is 1. The first-order valence-corrected chi connectivity index (χ1v) is 11.7. The van der Waals surface area contributed by atoms with Gasteiger partial charge in [0.2, 0.25) is 5.69 Å². The summed E-state index contributed by atoms with van der Waals surface area (Å²) in [6.45, 7) is 0.270. The van der Waals surface area contributed by atoms with Gasteiger partial charge in [-0.25, -0.2) is 14.0 Å². The number of nitrogens with one attached hydrogen (secondary N) is 1. The summed E-state index contributed by atoms with van der Waals surface area (Å²) in [6, 6.07) is 13.3. The normalized spacial score (nSPS) is 12.8. The molecule has 1 aromatic heterocycles. The Bertz CT molecular complexity index is 1730. The lowest BCUT2D eigenvalue weighted by Gasteiger charge is -2.29. The molecular weight excluding hydrogens is 542 g/mol. The van der Waals surface area contributed by atoms with Gasteiger partial charge in [-0.15, -0.1) is 0 Å². The molecule has 2 heterocycles. The molecule has 5 rings (SSSR count). The summed E-state index contributed by atoms with van der Waals surface area (Å²) >= 11 is 12.7. The van der Waals surface area contributed by atoms with Gasteiger partial charge in [0.1, 0.15) is 11.6 Å². The zero-order valence-corrected chi connectivity index (χ0v) is 20.6. The molecule has 0 atom stereocenters. The minimum Gasteiger partial charge on any atom is -0.476 e. The highest BCUT2D eigenvalue weighted by molar-refractivity contribution is 6.37. The number of nitrogens with zero attached hydrogens (tertiary/aromatic N) is 3. The van der Waals surface area contributed by atoms with E-state index < -0.39 is 28.7 Å². The Morgan fingerprint density at radius 3 is 2.45 bits per heavy atom. The summed E-state index contributed by atoms with van der Waals surface area (Å²) in [6.07, 6.45) is 0.444. The molecule has 0 radical (unpaired) electrons. The van der Waals surface area contributed by atoms with E-state index in [9.17, 15) is 23.6 Å². The summed E-state index contributed by atoms with van der Waals surface area (Å²) in [5.41, 5.74) is -1.77. The molecule has 2 N–H and O–H groups in total. The van der Waals surface area contributed by atoms with Crippen molar-refractivity contribution in [2.24, 2.45) is 0 Å². The van der Waals surface area contributed by atoms with Crippen LogP contribution in [0.25, 0.3) is 5.69 Å². The van der Waals surface area contributed by atoms with Gasteiger partial charge in [-0.3, -0.25) is 14.6 Å². The topological polar surface area (TPSA) is 135 Å². The maximum atomic E-state index is 14.2. The zero-order valence-electron chi connectivity index (χ0n) is 19.1. The molecule has 1 aliphatic heterocycles. The van der Waals surface area contributed by atoms with Gasteiger partial charge in [0.25, 0.3) is 11.5 Å². The number of fused-ring (bicyclic) bond motifs is 1. The average Bonchev–Trinajstić information content (AvgIpc) is 2.87. The summed E-state index contributed by atoms with van der Waals surface area (Å²) < 4.78 is 20.7. The Labute approximate surface area is 222 Å². The van der Waals surface area contributed by atoms with Gasteiger partial charge in [0.05, 0.1) is 21.4 Å². The minimum atomic E-state index is -1.62. The number of carboxylic acid groups (broad SMARTS) is 1. The first-order valence-electron chi connectivity index (χ1n) is 11.0. The quantitative estimate of drug-likeness (QED) is 0.378. The monoisotopic (exact) mass is 556 g/mol. The van der Waals surface area contributed by atoms with Crippen molar-refractivity contribution in [2.75, 3.05) is 11.4 Å². The van der Waals surface area contributed by atoms with Gasteiger partial charge >= 0.3 is 11.7 Å². The van der Waals surface area contributed by atoms with Gasteiger partial charge in [-0.05, 0) is 54.4 Å². The Morgan fingerprint density at radius 1 is 1.05 bits per heavy atom. The largest absolute Gasteiger partial charge is 0.476 e. The summed E-state index contributed by atoms with van der Waals surface area (Å²) in [5.74, 6) is -2.11. The van der Waals surface area contributed by atoms with Gasteiger partial charge < -0.3 is 14.7 Å². The number of ether oxygens (including phenoxy) is 1. The maximum absolute atomic E-state index is 14.2. The van der Waals surface area contributed by atoms with Crippen LogP contribution in [0.4, 0.5) is 10.1 Å².